The largest absolute Gasteiger partial charge is 0.524 e. The van der Waals surface area contributed by atoms with Crippen LogP contribution in [0.2, 0.25) is 0 Å². The molecule has 0 spiro atoms. The van der Waals surface area contributed by atoms with Crippen LogP contribution in [0.3, 0.4) is 0 Å². The first kappa shape index (κ1) is 50.1. The summed E-state index contributed by atoms with van der Waals surface area (Å²) in [7, 11) is 0. The molecule has 0 saturated carbocycles. The van der Waals surface area contributed by atoms with Crippen LogP contribution in [-0.2, 0) is 38.6 Å². The maximum atomic E-state index is 13.2. The molecule has 0 N–H and O–H groups in total. The van der Waals surface area contributed by atoms with Gasteiger partial charge in [0.15, 0.2) is 0 Å². The third kappa shape index (κ3) is 21.1. The fourth-order valence-corrected chi connectivity index (χ4v) is 6.74. The van der Waals surface area contributed by atoms with E-state index in [9.17, 15) is 24.0 Å². The first-order valence-corrected chi connectivity index (χ1v) is 21.8. The van der Waals surface area contributed by atoms with Crippen molar-refractivity contribution < 1.29 is 53.0 Å². The van der Waals surface area contributed by atoms with Gasteiger partial charge in [-0.25, -0.2) is 24.0 Å². The number of hydrogen-bond acceptors (Lipinski definition) is 11. The molecule has 0 amide bonds. The monoisotopic (exact) mass is 810 g/mol. The van der Waals surface area contributed by atoms with Crippen molar-refractivity contribution >= 4 is 30.0 Å². The number of ether oxygens (including phenoxy) is 2. The molecule has 0 radical (unpaired) electrons. The van der Waals surface area contributed by atoms with Gasteiger partial charge in [-0.1, -0.05) is 178 Å². The fraction of sp³-hybridized carbons (Fsp3) is 0.638. The Morgan fingerprint density at radius 1 is 0.448 bits per heavy atom. The van der Waals surface area contributed by atoms with Gasteiger partial charge in [-0.2, -0.15) is 9.78 Å². The predicted molar refractivity (Wildman–Crippen MR) is 223 cm³/mol. The maximum absolute atomic E-state index is 13.2. The number of esters is 2. The Labute approximate surface area is 347 Å². The van der Waals surface area contributed by atoms with Crippen molar-refractivity contribution in [3.05, 3.63) is 69.8 Å². The topological polar surface area (TPSA) is 141 Å². The zero-order valence-electron chi connectivity index (χ0n) is 36.2. The van der Waals surface area contributed by atoms with Crippen molar-refractivity contribution in [3.63, 3.8) is 0 Å². The molecule has 2 rings (SSSR count). The van der Waals surface area contributed by atoms with Crippen LogP contribution < -0.4 is 0 Å². The predicted octanol–water partition coefficient (Wildman–Crippen LogP) is 12.4. The van der Waals surface area contributed by atoms with Crippen molar-refractivity contribution in [1.82, 2.24) is 0 Å². The van der Waals surface area contributed by atoms with Crippen LogP contribution in [0, 0.1) is 27.7 Å². The third-order valence-electron chi connectivity index (χ3n) is 10.2. The van der Waals surface area contributed by atoms with Gasteiger partial charge in [-0.3, -0.25) is 9.78 Å². The minimum atomic E-state index is -1.61. The minimum Gasteiger partial charge on any atom is -0.358 e. The number of carbonyl (C=O) groups is 5. The van der Waals surface area contributed by atoms with Gasteiger partial charge in [0.25, 0.3) is 0 Å². The smallest absolute Gasteiger partial charge is 0.358 e. The Kier molecular flexibility index (Phi) is 25.9. The van der Waals surface area contributed by atoms with E-state index in [2.05, 4.69) is 13.8 Å². The van der Waals surface area contributed by atoms with E-state index in [0.717, 1.165) is 62.5 Å². The molecular formula is C47H70O11. The summed E-state index contributed by atoms with van der Waals surface area (Å²) in [4.78, 5) is 85.6. The molecule has 0 bridgehead atoms. The summed E-state index contributed by atoms with van der Waals surface area (Å²) < 4.78 is 9.76. The lowest BCUT2D eigenvalue weighted by molar-refractivity contribution is -0.276. The average molecular weight is 811 g/mol. The van der Waals surface area contributed by atoms with Crippen molar-refractivity contribution in [3.8, 4) is 0 Å². The highest BCUT2D eigenvalue weighted by atomic mass is 17.2. The molecule has 2 atom stereocenters. The lowest BCUT2D eigenvalue weighted by Gasteiger charge is -2.16. The second-order valence-electron chi connectivity index (χ2n) is 15.6. The summed E-state index contributed by atoms with van der Waals surface area (Å²) in [6, 6.07) is 10.3. The van der Waals surface area contributed by atoms with E-state index in [4.69, 9.17) is 29.0 Å². The van der Waals surface area contributed by atoms with E-state index >= 15 is 0 Å². The maximum Gasteiger partial charge on any atom is 0.524 e. The molecule has 11 nitrogen and oxygen atoms in total. The molecule has 324 valence electrons. The Balaban J connectivity index is 2.01. The van der Waals surface area contributed by atoms with E-state index in [1.165, 1.54) is 64.2 Å². The SMILES string of the molecule is CCCCCCCCCCCCC(OOC(=O)c1ccc(C)cc1C)C(=O)OC(=O)OC(=O)C(CCCCCCCCCCCC)OOC(=O)c1ccc(C)cc1C. The van der Waals surface area contributed by atoms with Gasteiger partial charge in [0.05, 0.1) is 11.1 Å². The Morgan fingerprint density at radius 2 is 0.759 bits per heavy atom. The molecule has 0 fully saturated rings. The third-order valence-corrected chi connectivity index (χ3v) is 10.2. The Hall–Kier alpha value is -4.09. The van der Waals surface area contributed by atoms with Crippen LogP contribution in [0.25, 0.3) is 0 Å². The first-order valence-electron chi connectivity index (χ1n) is 21.8. The second kappa shape index (κ2) is 30.0. The highest BCUT2D eigenvalue weighted by Crippen LogP contribution is 2.19. The number of benzene rings is 2. The molecule has 2 aromatic rings. The van der Waals surface area contributed by atoms with E-state index in [0.29, 0.717) is 24.0 Å². The molecule has 0 saturated heterocycles. The Bertz CT molecular complexity index is 1420. The standard InChI is InChI=1S/C47H70O11/c1-7-9-11-13-15-17-19-21-23-25-27-41(55-57-43(48)39-31-29-35(3)33-37(39)5)45(50)53-47(52)54-46(51)42(28-26-24-22-20-18-16-14-12-10-8-2)56-58-44(49)40-32-30-36(4)34-38(40)6/h29-34,41-42H,7-28H2,1-6H3. The summed E-state index contributed by atoms with van der Waals surface area (Å²) in [6.07, 6.45) is 16.8. The summed E-state index contributed by atoms with van der Waals surface area (Å²) in [5.74, 6) is -3.98. The summed E-state index contributed by atoms with van der Waals surface area (Å²) in [5.41, 5.74) is 3.77. The van der Waals surface area contributed by atoms with Crippen molar-refractivity contribution in [2.75, 3.05) is 0 Å². The highest BCUT2D eigenvalue weighted by Gasteiger charge is 2.32. The number of hydrogen-bond donors (Lipinski definition) is 0. The van der Waals surface area contributed by atoms with Crippen LogP contribution >= 0.6 is 0 Å². The molecule has 2 aromatic carbocycles. The van der Waals surface area contributed by atoms with Crippen molar-refractivity contribution in [2.24, 2.45) is 0 Å². The molecule has 2 unspecified atom stereocenters. The van der Waals surface area contributed by atoms with Gasteiger partial charge in [-0.05, 0) is 63.8 Å². The number of aryl methyl sites for hydroxylation is 4. The zero-order valence-corrected chi connectivity index (χ0v) is 36.2. The first-order chi connectivity index (χ1) is 28.0. The van der Waals surface area contributed by atoms with Crippen LogP contribution in [0.4, 0.5) is 4.79 Å². The van der Waals surface area contributed by atoms with E-state index in [-0.39, 0.29) is 24.0 Å². The van der Waals surface area contributed by atoms with E-state index < -0.39 is 42.2 Å². The van der Waals surface area contributed by atoms with Crippen molar-refractivity contribution in [2.45, 2.75) is 195 Å². The normalized spacial score (nSPS) is 12.1. The summed E-state index contributed by atoms with van der Waals surface area (Å²) in [5, 5.41) is 0. The van der Waals surface area contributed by atoms with Gasteiger partial charge in [0.1, 0.15) is 0 Å². The molecule has 11 heteroatoms. The molecular weight excluding hydrogens is 741 g/mol. The lowest BCUT2D eigenvalue weighted by atomic mass is 10.0. The van der Waals surface area contributed by atoms with Crippen LogP contribution in [-0.4, -0.2) is 42.2 Å². The fourth-order valence-electron chi connectivity index (χ4n) is 6.74. The highest BCUT2D eigenvalue weighted by molar-refractivity contribution is 5.93. The molecule has 0 aromatic heterocycles. The van der Waals surface area contributed by atoms with Gasteiger partial charge in [0.2, 0.25) is 12.2 Å². The molecule has 58 heavy (non-hydrogen) atoms. The van der Waals surface area contributed by atoms with E-state index in [1.54, 1.807) is 38.1 Å². The zero-order chi connectivity index (χ0) is 42.5. The van der Waals surface area contributed by atoms with Crippen LogP contribution in [0.5, 0.6) is 0 Å². The van der Waals surface area contributed by atoms with Crippen molar-refractivity contribution in [1.29, 1.82) is 0 Å². The molecule has 0 aliphatic heterocycles. The molecule has 0 heterocycles. The van der Waals surface area contributed by atoms with Gasteiger partial charge < -0.3 is 9.47 Å². The minimum absolute atomic E-state index is 0.0928. The van der Waals surface area contributed by atoms with Gasteiger partial charge >= 0.3 is 30.0 Å². The average Bonchev–Trinajstić information content (AvgIpc) is 3.18. The van der Waals surface area contributed by atoms with Crippen LogP contribution in [0.1, 0.15) is 198 Å². The summed E-state index contributed by atoms with van der Waals surface area (Å²) >= 11 is 0. The molecule has 0 aliphatic rings. The van der Waals surface area contributed by atoms with Gasteiger partial charge in [-0.15, -0.1) is 0 Å². The lowest BCUT2D eigenvalue weighted by Crippen LogP contribution is -2.34. The number of rotatable bonds is 30. The quantitative estimate of drug-likeness (QED) is 0.0245. The molecule has 0 aliphatic carbocycles. The van der Waals surface area contributed by atoms with Crippen LogP contribution in [0.15, 0.2) is 36.4 Å². The Morgan fingerprint density at radius 3 is 1.07 bits per heavy atom. The number of unbranched alkanes of at least 4 members (excludes halogenated alkanes) is 18. The number of carbonyl (C=O) groups excluding carboxylic acids is 5. The van der Waals surface area contributed by atoms with Gasteiger partial charge in [0, 0.05) is 0 Å². The van der Waals surface area contributed by atoms with E-state index in [1.807, 2.05) is 26.0 Å². The second-order valence-corrected chi connectivity index (χ2v) is 15.6. The summed E-state index contributed by atoms with van der Waals surface area (Å²) in [6.45, 7) is 11.7.